The van der Waals surface area contributed by atoms with E-state index in [2.05, 4.69) is 13.8 Å². The molecule has 0 amide bonds. The van der Waals surface area contributed by atoms with Crippen molar-refractivity contribution in [2.24, 2.45) is 11.8 Å². The van der Waals surface area contributed by atoms with E-state index in [1.54, 1.807) is 0 Å². The molecule has 1 rings (SSSR count). The predicted octanol–water partition coefficient (Wildman–Crippen LogP) is 2.06. The van der Waals surface area contributed by atoms with Gasteiger partial charge in [-0.15, -0.1) is 0 Å². The van der Waals surface area contributed by atoms with Crippen LogP contribution >= 0.6 is 0 Å². The minimum Gasteiger partial charge on any atom is -0.478 e. The van der Waals surface area contributed by atoms with Gasteiger partial charge in [0.15, 0.2) is 0 Å². The second kappa shape index (κ2) is 3.07. The molecule has 62 valence electrons. The summed E-state index contributed by atoms with van der Waals surface area (Å²) in [7, 11) is 0. The maximum Gasteiger partial charge on any atom is 0.331 e. The molecule has 2 nitrogen and oxygen atoms in total. The summed E-state index contributed by atoms with van der Waals surface area (Å²) >= 11 is 0. The smallest absolute Gasteiger partial charge is 0.331 e. The second-order valence-corrected chi connectivity index (χ2v) is 3.39. The topological polar surface area (TPSA) is 37.3 Å². The lowest BCUT2D eigenvalue weighted by atomic mass is 9.90. The fourth-order valence-electron chi connectivity index (χ4n) is 1.66. The van der Waals surface area contributed by atoms with E-state index >= 15 is 0 Å². The fourth-order valence-corrected chi connectivity index (χ4v) is 1.66. The van der Waals surface area contributed by atoms with E-state index in [0.29, 0.717) is 11.5 Å². The van der Waals surface area contributed by atoms with E-state index in [9.17, 15) is 4.79 Å². The van der Waals surface area contributed by atoms with Gasteiger partial charge in [0.25, 0.3) is 0 Å². The Kier molecular flexibility index (Phi) is 2.32. The third kappa shape index (κ3) is 1.62. The molecule has 0 aromatic rings. The molecular formula is C9H14O2. The summed E-state index contributed by atoms with van der Waals surface area (Å²) in [6.45, 7) is 4.15. The highest BCUT2D eigenvalue weighted by atomic mass is 16.4. The number of carboxylic acid groups (broad SMARTS) is 1. The van der Waals surface area contributed by atoms with Gasteiger partial charge in [-0.1, -0.05) is 19.9 Å². The van der Waals surface area contributed by atoms with Gasteiger partial charge in [-0.25, -0.2) is 4.79 Å². The van der Waals surface area contributed by atoms with Crippen LogP contribution in [0.15, 0.2) is 11.6 Å². The molecule has 0 fully saturated rings. The average Bonchev–Trinajstić information content (AvgIpc) is 2.32. The van der Waals surface area contributed by atoms with Crippen molar-refractivity contribution in [1.82, 2.24) is 0 Å². The van der Waals surface area contributed by atoms with Crippen LogP contribution in [0.25, 0.3) is 0 Å². The van der Waals surface area contributed by atoms with Crippen molar-refractivity contribution < 1.29 is 9.90 Å². The van der Waals surface area contributed by atoms with Crippen molar-refractivity contribution >= 4 is 5.97 Å². The Balaban J connectivity index is 2.71. The lowest BCUT2D eigenvalue weighted by Crippen LogP contribution is -2.13. The molecule has 0 aromatic carbocycles. The molecule has 0 radical (unpaired) electrons. The highest BCUT2D eigenvalue weighted by Gasteiger charge is 2.26. The Hall–Kier alpha value is -0.790. The third-order valence-corrected chi connectivity index (χ3v) is 2.29. The van der Waals surface area contributed by atoms with Gasteiger partial charge in [-0.2, -0.15) is 0 Å². The van der Waals surface area contributed by atoms with Crippen LogP contribution in [0.5, 0.6) is 0 Å². The van der Waals surface area contributed by atoms with Crippen molar-refractivity contribution in [3.05, 3.63) is 11.6 Å². The van der Waals surface area contributed by atoms with Crippen molar-refractivity contribution in [1.29, 1.82) is 0 Å². The number of rotatable bonds is 2. The number of hydrogen-bond donors (Lipinski definition) is 1. The zero-order valence-electron chi connectivity index (χ0n) is 7.00. The van der Waals surface area contributed by atoms with Gasteiger partial charge in [0, 0.05) is 5.57 Å². The Morgan fingerprint density at radius 3 is 2.73 bits per heavy atom. The largest absolute Gasteiger partial charge is 0.478 e. The van der Waals surface area contributed by atoms with Crippen LogP contribution in [-0.2, 0) is 4.79 Å². The summed E-state index contributed by atoms with van der Waals surface area (Å²) in [5, 5.41) is 8.76. The van der Waals surface area contributed by atoms with Crippen molar-refractivity contribution in [3.63, 3.8) is 0 Å². The standard InChI is InChI=1S/C9H14O2/c1-6(2)7-4-3-5-8(7)9(10)11/h5-7H,3-4H2,1-2H3,(H,10,11). The van der Waals surface area contributed by atoms with Gasteiger partial charge in [-0.3, -0.25) is 0 Å². The van der Waals surface area contributed by atoms with E-state index in [1.165, 1.54) is 0 Å². The fraction of sp³-hybridized carbons (Fsp3) is 0.667. The summed E-state index contributed by atoms with van der Waals surface area (Å²) in [6, 6.07) is 0. The summed E-state index contributed by atoms with van der Waals surface area (Å²) in [6.07, 6.45) is 3.80. The molecule has 0 saturated heterocycles. The number of hydrogen-bond acceptors (Lipinski definition) is 1. The first-order valence-electron chi connectivity index (χ1n) is 4.06. The number of carboxylic acids is 1. The van der Waals surface area contributed by atoms with Crippen LogP contribution in [0, 0.1) is 11.8 Å². The monoisotopic (exact) mass is 154 g/mol. The quantitative estimate of drug-likeness (QED) is 0.661. The lowest BCUT2D eigenvalue weighted by molar-refractivity contribution is -0.133. The van der Waals surface area contributed by atoms with Gasteiger partial charge >= 0.3 is 5.97 Å². The summed E-state index contributed by atoms with van der Waals surface area (Å²) < 4.78 is 0. The van der Waals surface area contributed by atoms with Crippen LogP contribution in [0.4, 0.5) is 0 Å². The minimum absolute atomic E-state index is 0.285. The molecular weight excluding hydrogens is 140 g/mol. The maximum absolute atomic E-state index is 10.6. The Labute approximate surface area is 66.9 Å². The molecule has 2 heteroatoms. The van der Waals surface area contributed by atoms with Gasteiger partial charge in [-0.05, 0) is 24.7 Å². The van der Waals surface area contributed by atoms with E-state index in [-0.39, 0.29) is 5.92 Å². The first-order valence-corrected chi connectivity index (χ1v) is 4.06. The van der Waals surface area contributed by atoms with E-state index in [1.807, 2.05) is 6.08 Å². The van der Waals surface area contributed by atoms with Crippen molar-refractivity contribution in [3.8, 4) is 0 Å². The molecule has 0 spiro atoms. The molecule has 1 N–H and O–H groups in total. The number of aliphatic carboxylic acids is 1. The van der Waals surface area contributed by atoms with E-state index in [0.717, 1.165) is 12.8 Å². The first-order chi connectivity index (χ1) is 5.13. The first kappa shape index (κ1) is 8.31. The van der Waals surface area contributed by atoms with Gasteiger partial charge in [0.1, 0.15) is 0 Å². The molecule has 0 heterocycles. The van der Waals surface area contributed by atoms with E-state index < -0.39 is 5.97 Å². The highest BCUT2D eigenvalue weighted by Crippen LogP contribution is 2.31. The molecule has 0 aliphatic heterocycles. The van der Waals surface area contributed by atoms with Crippen LogP contribution < -0.4 is 0 Å². The third-order valence-electron chi connectivity index (χ3n) is 2.29. The zero-order valence-corrected chi connectivity index (χ0v) is 7.00. The zero-order chi connectivity index (χ0) is 8.43. The van der Waals surface area contributed by atoms with Crippen molar-refractivity contribution in [2.75, 3.05) is 0 Å². The maximum atomic E-state index is 10.6. The normalized spacial score (nSPS) is 23.9. The summed E-state index contributed by atoms with van der Waals surface area (Å²) in [5.41, 5.74) is 0.625. The average molecular weight is 154 g/mol. The van der Waals surface area contributed by atoms with E-state index in [4.69, 9.17) is 5.11 Å². The van der Waals surface area contributed by atoms with Crippen LogP contribution in [0.2, 0.25) is 0 Å². The molecule has 11 heavy (non-hydrogen) atoms. The SMILES string of the molecule is CC(C)C1CCC=C1C(=O)O. The molecule has 0 bridgehead atoms. The predicted molar refractivity (Wildman–Crippen MR) is 43.3 cm³/mol. The van der Waals surface area contributed by atoms with Crippen LogP contribution in [-0.4, -0.2) is 11.1 Å². The van der Waals surface area contributed by atoms with Gasteiger partial charge in [0.05, 0.1) is 0 Å². The Morgan fingerprint density at radius 1 is 1.73 bits per heavy atom. The minimum atomic E-state index is -0.735. The molecule has 0 aromatic heterocycles. The van der Waals surface area contributed by atoms with Crippen molar-refractivity contribution in [2.45, 2.75) is 26.7 Å². The Bertz CT molecular complexity index is 192. The van der Waals surface area contributed by atoms with Gasteiger partial charge < -0.3 is 5.11 Å². The van der Waals surface area contributed by atoms with Crippen LogP contribution in [0.3, 0.4) is 0 Å². The lowest BCUT2D eigenvalue weighted by Gasteiger charge is -2.15. The molecule has 1 atom stereocenters. The highest BCUT2D eigenvalue weighted by molar-refractivity contribution is 5.87. The molecule has 1 aliphatic rings. The summed E-state index contributed by atoms with van der Waals surface area (Å²) in [5.74, 6) is 0.00792. The van der Waals surface area contributed by atoms with Crippen LogP contribution in [0.1, 0.15) is 26.7 Å². The van der Waals surface area contributed by atoms with Gasteiger partial charge in [0.2, 0.25) is 0 Å². The molecule has 0 saturated carbocycles. The number of allylic oxidation sites excluding steroid dienone is 1. The Morgan fingerprint density at radius 2 is 2.36 bits per heavy atom. The second-order valence-electron chi connectivity index (χ2n) is 3.39. The summed E-state index contributed by atoms with van der Waals surface area (Å²) in [4.78, 5) is 10.6. The number of carbonyl (C=O) groups is 1. The molecule has 1 aliphatic carbocycles. The molecule has 1 unspecified atom stereocenters.